The first kappa shape index (κ1) is 17.1. The maximum atomic E-state index is 12.2. The second-order valence-corrected chi connectivity index (χ2v) is 6.09. The van der Waals surface area contributed by atoms with Crippen LogP contribution in [0.1, 0.15) is 11.1 Å². The fourth-order valence-electron chi connectivity index (χ4n) is 2.41. The van der Waals surface area contributed by atoms with Crippen molar-refractivity contribution in [1.29, 1.82) is 0 Å². The lowest BCUT2D eigenvalue weighted by Crippen LogP contribution is -2.14. The average molecular weight is 352 g/mol. The molecule has 0 unspecified atom stereocenters. The van der Waals surface area contributed by atoms with E-state index >= 15 is 0 Å². The third-order valence-electron chi connectivity index (χ3n) is 3.64. The van der Waals surface area contributed by atoms with Gasteiger partial charge in [0, 0.05) is 10.7 Å². The van der Waals surface area contributed by atoms with E-state index in [1.807, 2.05) is 54.6 Å². The molecular formula is C21H18ClNO2. The molecule has 1 amide bonds. The van der Waals surface area contributed by atoms with Crippen LogP contribution in [-0.4, -0.2) is 5.91 Å². The summed E-state index contributed by atoms with van der Waals surface area (Å²) in [5.41, 5.74) is 2.73. The van der Waals surface area contributed by atoms with Gasteiger partial charge in [0.05, 0.1) is 6.42 Å². The molecule has 3 rings (SSSR count). The molecule has 0 aliphatic rings. The van der Waals surface area contributed by atoms with E-state index in [9.17, 15) is 4.79 Å². The van der Waals surface area contributed by atoms with Crippen LogP contribution in [0.4, 0.5) is 5.69 Å². The summed E-state index contributed by atoms with van der Waals surface area (Å²) < 4.78 is 5.80. The van der Waals surface area contributed by atoms with Crippen LogP contribution in [0.15, 0.2) is 78.9 Å². The largest absolute Gasteiger partial charge is 0.489 e. The number of benzene rings is 3. The number of carbonyl (C=O) groups excluding carboxylic acids is 1. The lowest BCUT2D eigenvalue weighted by atomic mass is 10.1. The lowest BCUT2D eigenvalue weighted by molar-refractivity contribution is -0.115. The van der Waals surface area contributed by atoms with Gasteiger partial charge >= 0.3 is 0 Å². The predicted molar refractivity (Wildman–Crippen MR) is 101 cm³/mol. The SMILES string of the molecule is O=C(Cc1cccc(OCc2ccccc2)c1)Nc1ccc(Cl)cc1. The summed E-state index contributed by atoms with van der Waals surface area (Å²) >= 11 is 5.84. The molecule has 4 heteroatoms. The molecule has 0 aliphatic carbocycles. The highest BCUT2D eigenvalue weighted by Crippen LogP contribution is 2.17. The van der Waals surface area contributed by atoms with E-state index in [0.717, 1.165) is 22.6 Å². The minimum absolute atomic E-state index is 0.0810. The number of halogens is 1. The average Bonchev–Trinajstić information content (AvgIpc) is 2.63. The fourth-order valence-corrected chi connectivity index (χ4v) is 2.54. The van der Waals surface area contributed by atoms with Crippen molar-refractivity contribution >= 4 is 23.2 Å². The van der Waals surface area contributed by atoms with Gasteiger partial charge in [-0.05, 0) is 47.5 Å². The maximum absolute atomic E-state index is 12.2. The molecule has 3 aromatic rings. The van der Waals surface area contributed by atoms with Crippen molar-refractivity contribution in [3.8, 4) is 5.75 Å². The van der Waals surface area contributed by atoms with E-state index in [-0.39, 0.29) is 12.3 Å². The highest BCUT2D eigenvalue weighted by atomic mass is 35.5. The molecule has 0 heterocycles. The van der Waals surface area contributed by atoms with Gasteiger partial charge in [0.25, 0.3) is 0 Å². The van der Waals surface area contributed by atoms with Crippen LogP contribution in [0.3, 0.4) is 0 Å². The van der Waals surface area contributed by atoms with Crippen molar-refractivity contribution in [1.82, 2.24) is 0 Å². The third-order valence-corrected chi connectivity index (χ3v) is 3.89. The van der Waals surface area contributed by atoms with Gasteiger partial charge < -0.3 is 10.1 Å². The number of hydrogen-bond donors (Lipinski definition) is 1. The van der Waals surface area contributed by atoms with Crippen molar-refractivity contribution in [2.75, 3.05) is 5.32 Å². The van der Waals surface area contributed by atoms with Crippen LogP contribution in [0.5, 0.6) is 5.75 Å². The van der Waals surface area contributed by atoms with Crippen LogP contribution in [0, 0.1) is 0 Å². The normalized spacial score (nSPS) is 10.3. The third kappa shape index (κ3) is 5.37. The summed E-state index contributed by atoms with van der Waals surface area (Å²) in [4.78, 5) is 12.2. The Labute approximate surface area is 152 Å². The molecule has 3 nitrogen and oxygen atoms in total. The monoisotopic (exact) mass is 351 g/mol. The van der Waals surface area contributed by atoms with E-state index in [1.54, 1.807) is 24.3 Å². The maximum Gasteiger partial charge on any atom is 0.228 e. The standard InChI is InChI=1S/C21H18ClNO2/c22-18-9-11-19(12-10-18)23-21(24)14-17-7-4-8-20(13-17)25-15-16-5-2-1-3-6-16/h1-13H,14-15H2,(H,23,24). The van der Waals surface area contributed by atoms with Crippen LogP contribution in [0.25, 0.3) is 0 Å². The first-order valence-corrected chi connectivity index (χ1v) is 8.38. The summed E-state index contributed by atoms with van der Waals surface area (Å²) in [6.45, 7) is 0.501. The van der Waals surface area contributed by atoms with Gasteiger partial charge in [0.1, 0.15) is 12.4 Å². The summed E-state index contributed by atoms with van der Waals surface area (Å²) in [6, 6.07) is 24.6. The van der Waals surface area contributed by atoms with Crippen molar-refractivity contribution in [2.45, 2.75) is 13.0 Å². The van der Waals surface area contributed by atoms with Gasteiger partial charge in [-0.25, -0.2) is 0 Å². The molecule has 0 radical (unpaired) electrons. The van der Waals surface area contributed by atoms with Gasteiger partial charge in [-0.3, -0.25) is 4.79 Å². The van der Waals surface area contributed by atoms with Gasteiger partial charge in [-0.2, -0.15) is 0 Å². The molecule has 0 saturated heterocycles. The van der Waals surface area contributed by atoms with E-state index in [4.69, 9.17) is 16.3 Å². The Kier molecular flexibility index (Phi) is 5.70. The number of hydrogen-bond acceptors (Lipinski definition) is 2. The van der Waals surface area contributed by atoms with Crippen LogP contribution < -0.4 is 10.1 Å². The molecule has 3 aromatic carbocycles. The van der Waals surface area contributed by atoms with Crippen LogP contribution in [-0.2, 0) is 17.8 Å². The highest BCUT2D eigenvalue weighted by molar-refractivity contribution is 6.30. The first-order valence-electron chi connectivity index (χ1n) is 8.00. The highest BCUT2D eigenvalue weighted by Gasteiger charge is 2.06. The van der Waals surface area contributed by atoms with E-state index < -0.39 is 0 Å². The number of ether oxygens (including phenoxy) is 1. The van der Waals surface area contributed by atoms with Gasteiger partial charge in [-0.1, -0.05) is 54.1 Å². The van der Waals surface area contributed by atoms with Gasteiger partial charge in [0.2, 0.25) is 5.91 Å². The molecule has 0 saturated carbocycles. The Bertz CT molecular complexity index is 832. The van der Waals surface area contributed by atoms with Gasteiger partial charge in [0.15, 0.2) is 0 Å². The van der Waals surface area contributed by atoms with Crippen LogP contribution in [0.2, 0.25) is 5.02 Å². The quantitative estimate of drug-likeness (QED) is 0.671. The molecule has 0 bridgehead atoms. The van der Waals surface area contributed by atoms with Crippen molar-refractivity contribution < 1.29 is 9.53 Å². The summed E-state index contributed by atoms with van der Waals surface area (Å²) in [5, 5.41) is 3.50. The van der Waals surface area contributed by atoms with Crippen molar-refractivity contribution in [2.24, 2.45) is 0 Å². The van der Waals surface area contributed by atoms with Gasteiger partial charge in [-0.15, -0.1) is 0 Å². The molecule has 1 N–H and O–H groups in total. The van der Waals surface area contributed by atoms with E-state index in [2.05, 4.69) is 5.32 Å². The minimum Gasteiger partial charge on any atom is -0.489 e. The molecule has 0 atom stereocenters. The number of carbonyl (C=O) groups is 1. The zero-order valence-corrected chi connectivity index (χ0v) is 14.4. The number of rotatable bonds is 6. The lowest BCUT2D eigenvalue weighted by Gasteiger charge is -2.09. The Morgan fingerprint density at radius 1 is 0.880 bits per heavy atom. The Balaban J connectivity index is 1.57. The van der Waals surface area contributed by atoms with Crippen LogP contribution >= 0.6 is 11.6 Å². The van der Waals surface area contributed by atoms with E-state index in [0.29, 0.717) is 11.6 Å². The molecule has 25 heavy (non-hydrogen) atoms. The fraction of sp³-hybridized carbons (Fsp3) is 0.0952. The molecule has 0 aromatic heterocycles. The Hall–Kier alpha value is -2.78. The second-order valence-electron chi connectivity index (χ2n) is 5.65. The number of anilines is 1. The number of nitrogens with one attached hydrogen (secondary N) is 1. The topological polar surface area (TPSA) is 38.3 Å². The molecule has 0 spiro atoms. The van der Waals surface area contributed by atoms with Crippen molar-refractivity contribution in [3.05, 3.63) is 95.0 Å². The minimum atomic E-state index is -0.0810. The summed E-state index contributed by atoms with van der Waals surface area (Å²) in [7, 11) is 0. The zero-order chi connectivity index (χ0) is 17.5. The predicted octanol–water partition coefficient (Wildman–Crippen LogP) is 5.10. The molecule has 126 valence electrons. The second kappa shape index (κ2) is 8.36. The van der Waals surface area contributed by atoms with Crippen molar-refractivity contribution in [3.63, 3.8) is 0 Å². The summed E-state index contributed by atoms with van der Waals surface area (Å²) in [5.74, 6) is 0.670. The Morgan fingerprint density at radius 3 is 2.36 bits per heavy atom. The van der Waals surface area contributed by atoms with E-state index in [1.165, 1.54) is 0 Å². The first-order chi connectivity index (χ1) is 12.2. The smallest absolute Gasteiger partial charge is 0.228 e. The molecule has 0 fully saturated rings. The Morgan fingerprint density at radius 2 is 1.60 bits per heavy atom. The summed E-state index contributed by atoms with van der Waals surface area (Å²) in [6.07, 6.45) is 0.283. The zero-order valence-electron chi connectivity index (χ0n) is 13.6. The number of amides is 1. The molecule has 0 aliphatic heterocycles. The molecular weight excluding hydrogens is 334 g/mol.